The van der Waals surface area contributed by atoms with Crippen LogP contribution >= 0.6 is 22.9 Å². The van der Waals surface area contributed by atoms with Gasteiger partial charge in [0, 0.05) is 29.3 Å². The highest BCUT2D eigenvalue weighted by molar-refractivity contribution is 7.92. The van der Waals surface area contributed by atoms with Gasteiger partial charge >= 0.3 is 6.03 Å². The SMILES string of the molecule is Nc1cc(NCc2ccccc2)ccc1C(=O)Nc1ccc(NC(=O)NS(=O)(=O)c2ccc(Cl)s2)cc1. The molecule has 0 aliphatic carbocycles. The van der Waals surface area contributed by atoms with E-state index in [1.54, 1.807) is 30.3 Å². The van der Waals surface area contributed by atoms with E-state index < -0.39 is 22.0 Å². The summed E-state index contributed by atoms with van der Waals surface area (Å²) in [5.74, 6) is -0.397. The average molecular weight is 556 g/mol. The molecule has 4 aromatic rings. The molecule has 9 nitrogen and oxygen atoms in total. The van der Waals surface area contributed by atoms with E-state index in [1.165, 1.54) is 24.3 Å². The maximum atomic E-state index is 12.7. The largest absolute Gasteiger partial charge is 0.398 e. The third-order valence-electron chi connectivity index (χ3n) is 5.08. The number of hydrogen-bond acceptors (Lipinski definition) is 7. The fourth-order valence-electron chi connectivity index (χ4n) is 3.29. The lowest BCUT2D eigenvalue weighted by Gasteiger charge is -2.12. The van der Waals surface area contributed by atoms with Gasteiger partial charge < -0.3 is 21.7 Å². The van der Waals surface area contributed by atoms with Gasteiger partial charge in [-0.1, -0.05) is 41.9 Å². The Morgan fingerprint density at radius 1 is 0.838 bits per heavy atom. The van der Waals surface area contributed by atoms with Crippen molar-refractivity contribution in [2.24, 2.45) is 0 Å². The molecule has 1 heterocycles. The summed E-state index contributed by atoms with van der Waals surface area (Å²) in [7, 11) is -4.04. The highest BCUT2D eigenvalue weighted by Gasteiger charge is 2.20. The molecular weight excluding hydrogens is 534 g/mol. The highest BCUT2D eigenvalue weighted by Crippen LogP contribution is 2.25. The Balaban J connectivity index is 1.32. The minimum Gasteiger partial charge on any atom is -0.398 e. The van der Waals surface area contributed by atoms with E-state index in [4.69, 9.17) is 17.3 Å². The first kappa shape index (κ1) is 26.0. The molecule has 0 bridgehead atoms. The van der Waals surface area contributed by atoms with Gasteiger partial charge in [-0.05, 0) is 60.2 Å². The first-order valence-corrected chi connectivity index (χ1v) is 13.6. The minimum atomic E-state index is -4.04. The molecule has 3 aromatic carbocycles. The molecule has 6 N–H and O–H groups in total. The predicted octanol–water partition coefficient (Wildman–Crippen LogP) is 5.36. The van der Waals surface area contributed by atoms with Gasteiger partial charge in [-0.15, -0.1) is 11.3 Å². The fraction of sp³-hybridized carbons (Fsp3) is 0.0400. The van der Waals surface area contributed by atoms with Crippen LogP contribution in [0.1, 0.15) is 15.9 Å². The number of nitrogens with one attached hydrogen (secondary N) is 4. The molecule has 3 amide bonds. The van der Waals surface area contributed by atoms with Gasteiger partial charge in [0.15, 0.2) is 0 Å². The van der Waals surface area contributed by atoms with Gasteiger partial charge in [0.1, 0.15) is 4.21 Å². The van der Waals surface area contributed by atoms with Crippen LogP contribution in [0.4, 0.5) is 27.5 Å². The van der Waals surface area contributed by atoms with Crippen LogP contribution in [0.5, 0.6) is 0 Å². The number of benzene rings is 3. The Bertz CT molecular complexity index is 1520. The molecule has 4 rings (SSSR count). The number of urea groups is 1. The summed E-state index contributed by atoms with van der Waals surface area (Å²) in [5.41, 5.74) is 9.42. The van der Waals surface area contributed by atoms with Crippen molar-refractivity contribution in [1.29, 1.82) is 0 Å². The first-order valence-electron chi connectivity index (χ1n) is 10.9. The Labute approximate surface area is 222 Å². The highest BCUT2D eigenvalue weighted by atomic mass is 35.5. The predicted molar refractivity (Wildman–Crippen MR) is 148 cm³/mol. The second-order valence-electron chi connectivity index (χ2n) is 7.79. The van der Waals surface area contributed by atoms with E-state index in [0.29, 0.717) is 29.2 Å². The molecule has 0 spiro atoms. The molecule has 0 unspecified atom stereocenters. The number of nitrogen functional groups attached to an aromatic ring is 1. The molecule has 37 heavy (non-hydrogen) atoms. The minimum absolute atomic E-state index is 0.0787. The molecule has 190 valence electrons. The lowest BCUT2D eigenvalue weighted by Crippen LogP contribution is -2.33. The third-order valence-corrected chi connectivity index (χ3v) is 8.13. The van der Waals surface area contributed by atoms with Crippen LogP contribution in [0.25, 0.3) is 0 Å². The number of rotatable bonds is 8. The van der Waals surface area contributed by atoms with Gasteiger partial charge in [-0.25, -0.2) is 17.9 Å². The zero-order valence-corrected chi connectivity index (χ0v) is 21.6. The number of thiophene rings is 1. The van der Waals surface area contributed by atoms with E-state index in [0.717, 1.165) is 22.6 Å². The monoisotopic (exact) mass is 555 g/mol. The summed E-state index contributed by atoms with van der Waals surface area (Å²) >= 11 is 6.59. The molecular formula is C25H22ClN5O4S2. The molecule has 0 aliphatic heterocycles. The lowest BCUT2D eigenvalue weighted by molar-refractivity contribution is 0.102. The number of carbonyl (C=O) groups is 2. The zero-order valence-electron chi connectivity index (χ0n) is 19.2. The summed E-state index contributed by atoms with van der Waals surface area (Å²) < 4.78 is 26.6. The number of anilines is 4. The van der Waals surface area contributed by atoms with Crippen molar-refractivity contribution in [1.82, 2.24) is 4.72 Å². The number of amides is 3. The first-order chi connectivity index (χ1) is 17.7. The molecule has 0 aliphatic rings. The number of hydrogen-bond donors (Lipinski definition) is 5. The van der Waals surface area contributed by atoms with Gasteiger partial charge in [0.25, 0.3) is 15.9 Å². The van der Waals surface area contributed by atoms with Gasteiger partial charge in [-0.2, -0.15) is 0 Å². The molecule has 0 saturated carbocycles. The summed E-state index contributed by atoms with van der Waals surface area (Å²) in [6, 6.07) is 23.0. The Kier molecular flexibility index (Phi) is 7.97. The Morgan fingerprint density at radius 2 is 1.49 bits per heavy atom. The fourth-order valence-corrected chi connectivity index (χ4v) is 5.68. The van der Waals surface area contributed by atoms with Crippen molar-refractivity contribution in [3.05, 3.63) is 100 Å². The third kappa shape index (κ3) is 7.00. The van der Waals surface area contributed by atoms with Crippen molar-refractivity contribution >= 4 is 67.6 Å². The standard InChI is InChI=1S/C25H22ClN5O4S2/c26-22-12-13-23(36-22)37(34,35)31-25(33)30-18-8-6-17(7-9-18)29-24(32)20-11-10-19(14-21(20)27)28-15-16-4-2-1-3-5-16/h1-14,28H,15,27H2,(H,29,32)(H2,30,31,33). The Hall–Kier alpha value is -4.06. The topological polar surface area (TPSA) is 142 Å². The molecule has 1 aromatic heterocycles. The summed E-state index contributed by atoms with van der Waals surface area (Å²) in [6.07, 6.45) is 0. The maximum Gasteiger partial charge on any atom is 0.333 e. The van der Waals surface area contributed by atoms with Crippen molar-refractivity contribution in [3.8, 4) is 0 Å². The number of sulfonamides is 1. The van der Waals surface area contributed by atoms with Gasteiger partial charge in [-0.3, -0.25) is 4.79 Å². The molecule has 0 atom stereocenters. The van der Waals surface area contributed by atoms with E-state index in [-0.39, 0.29) is 8.55 Å². The second kappa shape index (κ2) is 11.3. The lowest BCUT2D eigenvalue weighted by atomic mass is 10.1. The number of carbonyl (C=O) groups excluding carboxylic acids is 2. The van der Waals surface area contributed by atoms with Crippen LogP contribution < -0.4 is 26.4 Å². The maximum absolute atomic E-state index is 12.7. The van der Waals surface area contributed by atoms with Crippen molar-refractivity contribution < 1.29 is 18.0 Å². The summed E-state index contributed by atoms with van der Waals surface area (Å²) in [4.78, 5) is 24.8. The van der Waals surface area contributed by atoms with Crippen molar-refractivity contribution in [2.45, 2.75) is 10.8 Å². The van der Waals surface area contributed by atoms with E-state index >= 15 is 0 Å². The second-order valence-corrected chi connectivity index (χ2v) is 11.4. The molecule has 12 heteroatoms. The van der Waals surface area contributed by atoms with E-state index in [2.05, 4.69) is 16.0 Å². The van der Waals surface area contributed by atoms with Crippen molar-refractivity contribution in [2.75, 3.05) is 21.7 Å². The summed E-state index contributed by atoms with van der Waals surface area (Å²) in [6.45, 7) is 0.624. The summed E-state index contributed by atoms with van der Waals surface area (Å²) in [5, 5.41) is 8.44. The smallest absolute Gasteiger partial charge is 0.333 e. The zero-order chi connectivity index (χ0) is 26.4. The van der Waals surface area contributed by atoms with Crippen LogP contribution in [0, 0.1) is 0 Å². The number of nitrogens with two attached hydrogens (primary N) is 1. The normalized spacial score (nSPS) is 10.9. The van der Waals surface area contributed by atoms with Crippen LogP contribution in [-0.2, 0) is 16.6 Å². The van der Waals surface area contributed by atoms with Crippen LogP contribution in [0.2, 0.25) is 4.34 Å². The molecule has 0 saturated heterocycles. The number of halogens is 1. The van der Waals surface area contributed by atoms with Gasteiger partial charge in [0.2, 0.25) is 0 Å². The van der Waals surface area contributed by atoms with Crippen molar-refractivity contribution in [3.63, 3.8) is 0 Å². The van der Waals surface area contributed by atoms with Crippen LogP contribution in [0.15, 0.2) is 89.1 Å². The quantitative estimate of drug-likeness (QED) is 0.185. The molecule has 0 radical (unpaired) electrons. The van der Waals surface area contributed by atoms with Crippen LogP contribution in [0.3, 0.4) is 0 Å². The van der Waals surface area contributed by atoms with Gasteiger partial charge in [0.05, 0.1) is 9.90 Å². The molecule has 0 fully saturated rings. The average Bonchev–Trinajstić information content (AvgIpc) is 3.31. The van der Waals surface area contributed by atoms with Crippen LogP contribution in [-0.4, -0.2) is 20.4 Å². The van der Waals surface area contributed by atoms with E-state index in [1.807, 2.05) is 35.1 Å². The van der Waals surface area contributed by atoms with E-state index in [9.17, 15) is 18.0 Å². The Morgan fingerprint density at radius 3 is 2.11 bits per heavy atom.